The van der Waals surface area contributed by atoms with Crippen LogP contribution >= 0.6 is 11.3 Å². The molecule has 1 saturated heterocycles. The van der Waals surface area contributed by atoms with E-state index in [1.54, 1.807) is 7.11 Å². The Morgan fingerprint density at radius 2 is 2.04 bits per heavy atom. The van der Waals surface area contributed by atoms with E-state index >= 15 is 0 Å². The van der Waals surface area contributed by atoms with Crippen molar-refractivity contribution in [2.45, 2.75) is 39.9 Å². The molecule has 1 atom stereocenters. The van der Waals surface area contributed by atoms with Crippen LogP contribution in [0.3, 0.4) is 0 Å². The second kappa shape index (κ2) is 7.59. The van der Waals surface area contributed by atoms with Crippen LogP contribution in [0.4, 0.5) is 0 Å². The summed E-state index contributed by atoms with van der Waals surface area (Å²) >= 11 is 1.83. The van der Waals surface area contributed by atoms with Crippen LogP contribution in [0.2, 0.25) is 0 Å². The second-order valence-corrected chi connectivity index (χ2v) is 7.76. The maximum absolute atomic E-state index is 5.22. The molecule has 0 radical (unpaired) electrons. The summed E-state index contributed by atoms with van der Waals surface area (Å²) < 4.78 is 5.22. The standard InChI is InChI=1S/C18H26N4OS/c1-13-10-21(12-17-14(2)19-15(3)24-17)8-9-22(13)11-16-6-5-7-18(20-16)23-4/h5-7,13H,8-12H2,1-4H3. The summed E-state index contributed by atoms with van der Waals surface area (Å²) in [6.45, 7) is 11.6. The van der Waals surface area contributed by atoms with Gasteiger partial charge in [0.25, 0.3) is 0 Å². The molecule has 0 aromatic carbocycles. The van der Waals surface area contributed by atoms with Crippen LogP contribution in [0, 0.1) is 13.8 Å². The first kappa shape index (κ1) is 17.3. The van der Waals surface area contributed by atoms with Gasteiger partial charge < -0.3 is 4.74 Å². The molecular formula is C18H26N4OS. The van der Waals surface area contributed by atoms with E-state index in [1.807, 2.05) is 23.5 Å². The van der Waals surface area contributed by atoms with Crippen molar-refractivity contribution in [1.29, 1.82) is 0 Å². The number of piperazine rings is 1. The molecule has 2 aromatic heterocycles. The average molecular weight is 347 g/mol. The lowest BCUT2D eigenvalue weighted by molar-refractivity contribution is 0.0727. The van der Waals surface area contributed by atoms with Crippen molar-refractivity contribution in [1.82, 2.24) is 19.8 Å². The number of rotatable bonds is 5. The average Bonchev–Trinajstić information content (AvgIpc) is 2.88. The predicted octanol–water partition coefficient (Wildman–Crippen LogP) is 2.87. The highest BCUT2D eigenvalue weighted by Gasteiger charge is 2.25. The molecule has 5 nitrogen and oxygen atoms in total. The molecule has 0 N–H and O–H groups in total. The number of nitrogens with zero attached hydrogens (tertiary/aromatic N) is 4. The van der Waals surface area contributed by atoms with Crippen LogP contribution in [0.15, 0.2) is 18.2 Å². The smallest absolute Gasteiger partial charge is 0.213 e. The zero-order valence-corrected chi connectivity index (χ0v) is 15.8. The van der Waals surface area contributed by atoms with E-state index in [4.69, 9.17) is 4.74 Å². The van der Waals surface area contributed by atoms with E-state index in [2.05, 4.69) is 46.6 Å². The predicted molar refractivity (Wildman–Crippen MR) is 97.5 cm³/mol. The highest BCUT2D eigenvalue weighted by Crippen LogP contribution is 2.22. The molecule has 0 aliphatic carbocycles. The molecule has 1 fully saturated rings. The van der Waals surface area contributed by atoms with Gasteiger partial charge in [-0.1, -0.05) is 6.07 Å². The van der Waals surface area contributed by atoms with Gasteiger partial charge in [-0.15, -0.1) is 11.3 Å². The van der Waals surface area contributed by atoms with Gasteiger partial charge in [-0.2, -0.15) is 0 Å². The van der Waals surface area contributed by atoms with Gasteiger partial charge >= 0.3 is 0 Å². The molecule has 6 heteroatoms. The van der Waals surface area contributed by atoms with Crippen molar-refractivity contribution in [2.24, 2.45) is 0 Å². The highest BCUT2D eigenvalue weighted by atomic mass is 32.1. The summed E-state index contributed by atoms with van der Waals surface area (Å²) in [6.07, 6.45) is 0. The van der Waals surface area contributed by atoms with Gasteiger partial charge in [0.1, 0.15) is 0 Å². The van der Waals surface area contributed by atoms with Crippen LogP contribution in [-0.2, 0) is 13.1 Å². The number of hydrogen-bond donors (Lipinski definition) is 0. The molecule has 0 amide bonds. The molecule has 1 aliphatic heterocycles. The van der Waals surface area contributed by atoms with Crippen molar-refractivity contribution in [3.63, 3.8) is 0 Å². The van der Waals surface area contributed by atoms with E-state index in [-0.39, 0.29) is 0 Å². The molecule has 1 unspecified atom stereocenters. The van der Waals surface area contributed by atoms with Crippen molar-refractivity contribution in [2.75, 3.05) is 26.7 Å². The lowest BCUT2D eigenvalue weighted by Gasteiger charge is -2.39. The Morgan fingerprint density at radius 1 is 1.21 bits per heavy atom. The number of methoxy groups -OCH3 is 1. The van der Waals surface area contributed by atoms with Crippen LogP contribution in [-0.4, -0.2) is 52.6 Å². The Labute approximate surface area is 148 Å². The molecule has 1 aliphatic rings. The molecule has 0 spiro atoms. The van der Waals surface area contributed by atoms with Crippen LogP contribution in [0.25, 0.3) is 0 Å². The first-order valence-corrected chi connectivity index (χ1v) is 9.26. The normalized spacial score (nSPS) is 19.6. The van der Waals surface area contributed by atoms with Crippen molar-refractivity contribution in [3.8, 4) is 5.88 Å². The van der Waals surface area contributed by atoms with Crippen LogP contribution < -0.4 is 4.74 Å². The first-order chi connectivity index (χ1) is 11.5. The Bertz CT molecular complexity index is 687. The van der Waals surface area contributed by atoms with Gasteiger partial charge in [0, 0.05) is 49.7 Å². The van der Waals surface area contributed by atoms with Crippen molar-refractivity contribution >= 4 is 11.3 Å². The van der Waals surface area contributed by atoms with Gasteiger partial charge in [0.15, 0.2) is 0 Å². The number of aryl methyl sites for hydroxylation is 2. The molecule has 130 valence electrons. The minimum Gasteiger partial charge on any atom is -0.481 e. The van der Waals surface area contributed by atoms with E-state index in [9.17, 15) is 0 Å². The molecule has 0 saturated carbocycles. The zero-order valence-electron chi connectivity index (χ0n) is 15.0. The fourth-order valence-electron chi connectivity index (χ4n) is 3.24. The van der Waals surface area contributed by atoms with E-state index in [0.717, 1.165) is 38.4 Å². The molecular weight excluding hydrogens is 320 g/mol. The van der Waals surface area contributed by atoms with Crippen molar-refractivity contribution < 1.29 is 4.74 Å². The third kappa shape index (κ3) is 4.12. The monoisotopic (exact) mass is 346 g/mol. The Balaban J connectivity index is 1.57. The van der Waals surface area contributed by atoms with Gasteiger partial charge in [0.05, 0.1) is 23.5 Å². The van der Waals surface area contributed by atoms with Gasteiger partial charge in [-0.05, 0) is 26.8 Å². The fourth-order valence-corrected chi connectivity index (χ4v) is 4.22. The summed E-state index contributed by atoms with van der Waals surface area (Å²) in [5.41, 5.74) is 2.26. The Hall–Kier alpha value is -1.50. The number of ether oxygens (including phenoxy) is 1. The number of aromatic nitrogens is 2. The Morgan fingerprint density at radius 3 is 2.71 bits per heavy atom. The minimum absolute atomic E-state index is 0.515. The van der Waals surface area contributed by atoms with Crippen LogP contribution in [0.5, 0.6) is 5.88 Å². The summed E-state index contributed by atoms with van der Waals surface area (Å²) in [7, 11) is 1.66. The number of hydrogen-bond acceptors (Lipinski definition) is 6. The quantitative estimate of drug-likeness (QED) is 0.833. The molecule has 2 aromatic rings. The maximum Gasteiger partial charge on any atom is 0.213 e. The van der Waals surface area contributed by atoms with E-state index in [0.29, 0.717) is 11.9 Å². The third-order valence-corrected chi connectivity index (χ3v) is 5.63. The zero-order chi connectivity index (χ0) is 17.1. The lowest BCUT2D eigenvalue weighted by Crippen LogP contribution is -2.50. The number of pyridine rings is 1. The van der Waals surface area contributed by atoms with Crippen molar-refractivity contribution in [3.05, 3.63) is 39.5 Å². The molecule has 24 heavy (non-hydrogen) atoms. The maximum atomic E-state index is 5.22. The summed E-state index contributed by atoms with van der Waals surface area (Å²) in [6, 6.07) is 6.49. The minimum atomic E-state index is 0.515. The summed E-state index contributed by atoms with van der Waals surface area (Å²) in [5, 5.41) is 1.17. The molecule has 0 bridgehead atoms. The largest absolute Gasteiger partial charge is 0.481 e. The second-order valence-electron chi connectivity index (χ2n) is 6.47. The summed E-state index contributed by atoms with van der Waals surface area (Å²) in [5.74, 6) is 0.690. The van der Waals surface area contributed by atoms with E-state index in [1.165, 1.54) is 15.6 Å². The van der Waals surface area contributed by atoms with Gasteiger partial charge in [-0.3, -0.25) is 9.80 Å². The number of thiazole rings is 1. The summed E-state index contributed by atoms with van der Waals surface area (Å²) in [4.78, 5) is 15.5. The van der Waals surface area contributed by atoms with Gasteiger partial charge in [-0.25, -0.2) is 9.97 Å². The fraction of sp³-hybridized carbons (Fsp3) is 0.556. The SMILES string of the molecule is COc1cccc(CN2CCN(Cc3sc(C)nc3C)CC2C)n1. The van der Waals surface area contributed by atoms with Gasteiger partial charge in [0.2, 0.25) is 5.88 Å². The Kier molecular flexibility index (Phi) is 5.48. The highest BCUT2D eigenvalue weighted by molar-refractivity contribution is 7.11. The lowest BCUT2D eigenvalue weighted by atomic mass is 10.1. The third-order valence-electron chi connectivity index (χ3n) is 4.57. The molecule has 3 rings (SSSR count). The van der Waals surface area contributed by atoms with E-state index < -0.39 is 0 Å². The van der Waals surface area contributed by atoms with Crippen LogP contribution in [0.1, 0.15) is 28.2 Å². The topological polar surface area (TPSA) is 41.5 Å². The first-order valence-electron chi connectivity index (χ1n) is 8.44. The molecule has 3 heterocycles.